The second-order valence-corrected chi connectivity index (χ2v) is 6.09. The molecule has 0 bridgehead atoms. The molecule has 0 heterocycles. The van der Waals surface area contributed by atoms with Crippen LogP contribution in [0.5, 0.6) is 0 Å². The van der Waals surface area contributed by atoms with Crippen LogP contribution in [0.15, 0.2) is 24.3 Å². The van der Waals surface area contributed by atoms with Gasteiger partial charge in [0.15, 0.2) is 9.84 Å². The number of methoxy groups -OCH3 is 1. The van der Waals surface area contributed by atoms with Gasteiger partial charge in [0.25, 0.3) is 0 Å². The van der Waals surface area contributed by atoms with Crippen LogP contribution >= 0.6 is 0 Å². The Balaban J connectivity index is 2.73. The summed E-state index contributed by atoms with van der Waals surface area (Å²) >= 11 is 0. The number of hydrogen-bond donors (Lipinski definition) is 0. The van der Waals surface area contributed by atoms with Gasteiger partial charge >= 0.3 is 11.9 Å². The van der Waals surface area contributed by atoms with E-state index in [0.29, 0.717) is 11.1 Å². The topological polar surface area (TPSA) is 86.7 Å². The minimum Gasteiger partial charge on any atom is -0.465 e. The van der Waals surface area contributed by atoms with Crippen LogP contribution in [0.1, 0.15) is 22.8 Å². The molecule has 0 unspecified atom stereocenters. The van der Waals surface area contributed by atoms with Crippen LogP contribution < -0.4 is 0 Å². The summed E-state index contributed by atoms with van der Waals surface area (Å²) in [5, 5.41) is 0. The van der Waals surface area contributed by atoms with Crippen LogP contribution in [0.4, 0.5) is 0 Å². The van der Waals surface area contributed by atoms with E-state index in [1.807, 2.05) is 0 Å². The van der Waals surface area contributed by atoms with Gasteiger partial charge in [-0.25, -0.2) is 13.2 Å². The summed E-state index contributed by atoms with van der Waals surface area (Å²) in [5.41, 5.74) is 0.820. The molecule has 20 heavy (non-hydrogen) atoms. The van der Waals surface area contributed by atoms with Crippen molar-refractivity contribution in [2.24, 2.45) is 0 Å². The van der Waals surface area contributed by atoms with Crippen molar-refractivity contribution < 1.29 is 27.5 Å². The molecular weight excluding hydrogens is 284 g/mol. The van der Waals surface area contributed by atoms with Crippen molar-refractivity contribution in [2.75, 3.05) is 19.5 Å². The first-order valence-corrected chi connectivity index (χ1v) is 7.73. The first-order valence-electron chi connectivity index (χ1n) is 5.91. The van der Waals surface area contributed by atoms with Gasteiger partial charge in [0, 0.05) is 0 Å². The molecule has 6 nitrogen and oxygen atoms in total. The highest BCUT2D eigenvalue weighted by Gasteiger charge is 2.18. The highest BCUT2D eigenvalue weighted by molar-refractivity contribution is 7.91. The predicted octanol–water partition coefficient (Wildman–Crippen LogP) is 0.951. The van der Waals surface area contributed by atoms with Crippen molar-refractivity contribution in [3.63, 3.8) is 0 Å². The quantitative estimate of drug-likeness (QED) is 0.727. The second kappa shape index (κ2) is 7.04. The molecule has 0 N–H and O–H groups in total. The summed E-state index contributed by atoms with van der Waals surface area (Å²) in [4.78, 5) is 22.4. The lowest BCUT2D eigenvalue weighted by Crippen LogP contribution is -2.20. The third kappa shape index (κ3) is 5.00. The van der Waals surface area contributed by atoms with Gasteiger partial charge in [-0.1, -0.05) is 12.1 Å². The molecule has 0 saturated heterocycles. The molecule has 0 aliphatic carbocycles. The van der Waals surface area contributed by atoms with Crippen LogP contribution in [0.25, 0.3) is 0 Å². The Morgan fingerprint density at radius 3 is 2.25 bits per heavy atom. The van der Waals surface area contributed by atoms with Crippen molar-refractivity contribution >= 4 is 21.8 Å². The van der Waals surface area contributed by atoms with Gasteiger partial charge in [0.1, 0.15) is 5.75 Å². The van der Waals surface area contributed by atoms with E-state index in [1.165, 1.54) is 31.4 Å². The fourth-order valence-electron chi connectivity index (χ4n) is 1.54. The Labute approximate surface area is 117 Å². The van der Waals surface area contributed by atoms with Gasteiger partial charge < -0.3 is 9.47 Å². The van der Waals surface area contributed by atoms with Crippen LogP contribution in [-0.4, -0.2) is 39.8 Å². The van der Waals surface area contributed by atoms with Gasteiger partial charge in [-0.3, -0.25) is 4.79 Å². The van der Waals surface area contributed by atoms with E-state index in [-0.39, 0.29) is 12.4 Å². The van der Waals surface area contributed by atoms with E-state index < -0.39 is 27.5 Å². The van der Waals surface area contributed by atoms with Gasteiger partial charge in [0.05, 0.1) is 25.0 Å². The first-order chi connectivity index (χ1) is 9.38. The lowest BCUT2D eigenvalue weighted by Gasteiger charge is -2.05. The lowest BCUT2D eigenvalue weighted by atomic mass is 10.1. The van der Waals surface area contributed by atoms with Gasteiger partial charge in [-0.15, -0.1) is 0 Å². The zero-order valence-electron chi connectivity index (χ0n) is 11.3. The number of ether oxygens (including phenoxy) is 2. The van der Waals surface area contributed by atoms with E-state index in [0.717, 1.165) is 0 Å². The third-order valence-corrected chi connectivity index (χ3v) is 3.85. The van der Waals surface area contributed by atoms with Gasteiger partial charge in [-0.05, 0) is 24.6 Å². The van der Waals surface area contributed by atoms with E-state index in [4.69, 9.17) is 0 Å². The predicted molar refractivity (Wildman–Crippen MR) is 71.9 cm³/mol. The first kappa shape index (κ1) is 16.2. The summed E-state index contributed by atoms with van der Waals surface area (Å²) in [7, 11) is -2.32. The zero-order valence-corrected chi connectivity index (χ0v) is 12.1. The number of hydrogen-bond acceptors (Lipinski definition) is 6. The van der Waals surface area contributed by atoms with Crippen molar-refractivity contribution in [3.05, 3.63) is 35.4 Å². The van der Waals surface area contributed by atoms with E-state index in [2.05, 4.69) is 9.47 Å². The molecule has 0 saturated carbocycles. The minimum atomic E-state index is -3.59. The summed E-state index contributed by atoms with van der Waals surface area (Å²) in [6, 6.07) is 5.96. The van der Waals surface area contributed by atoms with E-state index >= 15 is 0 Å². The Hall–Kier alpha value is -1.89. The van der Waals surface area contributed by atoms with Crippen LogP contribution in [-0.2, 0) is 29.9 Å². The molecule has 1 aromatic rings. The van der Waals surface area contributed by atoms with Crippen LogP contribution in [0.2, 0.25) is 0 Å². The molecule has 0 radical (unpaired) electrons. The third-order valence-electron chi connectivity index (χ3n) is 2.40. The minimum absolute atomic E-state index is 0.141. The van der Waals surface area contributed by atoms with Crippen molar-refractivity contribution in [2.45, 2.75) is 12.7 Å². The van der Waals surface area contributed by atoms with Gasteiger partial charge in [-0.2, -0.15) is 0 Å². The zero-order chi connectivity index (χ0) is 15.2. The van der Waals surface area contributed by atoms with Crippen molar-refractivity contribution in [1.29, 1.82) is 0 Å². The maximum absolute atomic E-state index is 11.8. The highest BCUT2D eigenvalue weighted by Crippen LogP contribution is 2.10. The number of carbonyl (C=O) groups excluding carboxylic acids is 2. The van der Waals surface area contributed by atoms with E-state index in [9.17, 15) is 18.0 Å². The summed E-state index contributed by atoms with van der Waals surface area (Å²) in [6.07, 6.45) is 0. The molecule has 0 fully saturated rings. The average molecular weight is 300 g/mol. The standard InChI is InChI=1S/C13H16O6S/c1-3-19-12(14)9-20(16,17)8-10-4-6-11(7-5-10)13(15)18-2/h4-7H,3,8-9H2,1-2H3. The van der Waals surface area contributed by atoms with Crippen LogP contribution in [0.3, 0.4) is 0 Å². The normalized spacial score (nSPS) is 10.9. The number of sulfone groups is 1. The fraction of sp³-hybridized carbons (Fsp3) is 0.385. The summed E-state index contributed by atoms with van der Waals surface area (Å²) in [6.45, 7) is 1.75. The number of esters is 2. The monoisotopic (exact) mass is 300 g/mol. The largest absolute Gasteiger partial charge is 0.465 e. The molecule has 110 valence electrons. The Kier molecular flexibility index (Phi) is 5.69. The second-order valence-electron chi connectivity index (χ2n) is 4.03. The smallest absolute Gasteiger partial charge is 0.337 e. The van der Waals surface area contributed by atoms with Crippen LogP contribution in [0, 0.1) is 0 Å². The van der Waals surface area contributed by atoms with Crippen molar-refractivity contribution in [1.82, 2.24) is 0 Å². The maximum atomic E-state index is 11.8. The molecule has 0 aliphatic heterocycles. The highest BCUT2D eigenvalue weighted by atomic mass is 32.2. The summed E-state index contributed by atoms with van der Waals surface area (Å²) < 4.78 is 32.7. The molecule has 0 aromatic heterocycles. The molecule has 0 spiro atoms. The molecular formula is C13H16O6S. The molecule has 1 aromatic carbocycles. The van der Waals surface area contributed by atoms with Gasteiger partial charge in [0.2, 0.25) is 0 Å². The SMILES string of the molecule is CCOC(=O)CS(=O)(=O)Cc1ccc(C(=O)OC)cc1. The number of rotatable bonds is 6. The average Bonchev–Trinajstić information content (AvgIpc) is 2.37. The summed E-state index contributed by atoms with van der Waals surface area (Å²) in [5.74, 6) is -2.20. The van der Waals surface area contributed by atoms with Crippen molar-refractivity contribution in [3.8, 4) is 0 Å². The molecule has 0 amide bonds. The Morgan fingerprint density at radius 1 is 1.15 bits per heavy atom. The Bertz CT molecular complexity index is 573. The Morgan fingerprint density at radius 2 is 1.75 bits per heavy atom. The fourth-order valence-corrected chi connectivity index (χ4v) is 2.79. The molecule has 1 rings (SSSR count). The number of benzene rings is 1. The number of carbonyl (C=O) groups is 2. The lowest BCUT2D eigenvalue weighted by molar-refractivity contribution is -0.139. The molecule has 0 atom stereocenters. The molecule has 7 heteroatoms. The maximum Gasteiger partial charge on any atom is 0.337 e. The van der Waals surface area contributed by atoms with E-state index in [1.54, 1.807) is 6.92 Å². The molecule has 0 aliphatic rings.